The molecule has 0 N–H and O–H groups in total. The second-order valence-corrected chi connectivity index (χ2v) is 5.01. The van der Waals surface area contributed by atoms with Crippen molar-refractivity contribution in [3.63, 3.8) is 0 Å². The maximum Gasteiger partial charge on any atom is 0.269 e. The minimum atomic E-state index is -0.394. The summed E-state index contributed by atoms with van der Waals surface area (Å²) in [5.74, 6) is 0. The highest BCUT2D eigenvalue weighted by Gasteiger charge is 2.06. The Bertz CT molecular complexity index is 778. The zero-order valence-corrected chi connectivity index (χ0v) is 11.2. The number of hydrogen-bond donors (Lipinski definition) is 0. The number of hydrogen-bond acceptors (Lipinski definition) is 2. The van der Waals surface area contributed by atoms with Gasteiger partial charge in [0.2, 0.25) is 0 Å². The van der Waals surface area contributed by atoms with Crippen LogP contribution in [0.25, 0.3) is 10.9 Å². The lowest BCUT2D eigenvalue weighted by Crippen LogP contribution is -1.98. The zero-order chi connectivity index (χ0) is 14.1. The Morgan fingerprint density at radius 2 is 1.85 bits per heavy atom. The van der Waals surface area contributed by atoms with E-state index in [4.69, 9.17) is 11.6 Å². The second kappa shape index (κ2) is 4.98. The number of nitro benzene ring substituents is 1. The van der Waals surface area contributed by atoms with Crippen LogP contribution in [0.3, 0.4) is 0 Å². The quantitative estimate of drug-likeness (QED) is 0.534. The van der Waals surface area contributed by atoms with Crippen LogP contribution in [0, 0.1) is 10.1 Å². The molecule has 1 heterocycles. The SMILES string of the molecule is O=[N+]([O-])c1ccc(Cn2ccc3ccc(Cl)cc32)cc1. The van der Waals surface area contributed by atoms with Gasteiger partial charge in [0.05, 0.1) is 4.92 Å². The van der Waals surface area contributed by atoms with E-state index >= 15 is 0 Å². The first-order valence-electron chi connectivity index (χ1n) is 6.11. The molecule has 0 radical (unpaired) electrons. The third-order valence-corrected chi connectivity index (χ3v) is 3.47. The number of rotatable bonds is 3. The fraction of sp³-hybridized carbons (Fsp3) is 0.0667. The highest BCUT2D eigenvalue weighted by Crippen LogP contribution is 2.22. The van der Waals surface area contributed by atoms with Crippen LogP contribution in [0.5, 0.6) is 0 Å². The van der Waals surface area contributed by atoms with Gasteiger partial charge in [0.1, 0.15) is 0 Å². The zero-order valence-electron chi connectivity index (χ0n) is 10.5. The topological polar surface area (TPSA) is 48.1 Å². The summed E-state index contributed by atoms with van der Waals surface area (Å²) in [5, 5.41) is 12.4. The van der Waals surface area contributed by atoms with E-state index in [1.807, 2.05) is 30.5 Å². The van der Waals surface area contributed by atoms with Gasteiger partial charge < -0.3 is 4.57 Å². The van der Waals surface area contributed by atoms with Gasteiger partial charge in [-0.05, 0) is 29.1 Å². The largest absolute Gasteiger partial charge is 0.343 e. The van der Waals surface area contributed by atoms with Gasteiger partial charge in [-0.25, -0.2) is 0 Å². The lowest BCUT2D eigenvalue weighted by molar-refractivity contribution is -0.384. The summed E-state index contributed by atoms with van der Waals surface area (Å²) in [4.78, 5) is 10.2. The molecule has 3 rings (SSSR count). The molecule has 0 saturated carbocycles. The number of non-ortho nitro benzene ring substituents is 1. The van der Waals surface area contributed by atoms with Crippen molar-refractivity contribution in [2.75, 3.05) is 0 Å². The van der Waals surface area contributed by atoms with Gasteiger partial charge in [-0.3, -0.25) is 10.1 Å². The van der Waals surface area contributed by atoms with E-state index in [9.17, 15) is 10.1 Å². The van der Waals surface area contributed by atoms with Gasteiger partial charge >= 0.3 is 0 Å². The van der Waals surface area contributed by atoms with Gasteiger partial charge in [-0.2, -0.15) is 0 Å². The summed E-state index contributed by atoms with van der Waals surface area (Å²) < 4.78 is 2.07. The van der Waals surface area contributed by atoms with Crippen molar-refractivity contribution in [3.8, 4) is 0 Å². The molecule has 0 unspecified atom stereocenters. The lowest BCUT2D eigenvalue weighted by atomic mass is 10.2. The van der Waals surface area contributed by atoms with E-state index in [0.717, 1.165) is 16.5 Å². The Morgan fingerprint density at radius 3 is 2.55 bits per heavy atom. The molecule has 0 spiro atoms. The van der Waals surface area contributed by atoms with Crippen molar-refractivity contribution in [2.24, 2.45) is 0 Å². The third kappa shape index (κ3) is 2.38. The van der Waals surface area contributed by atoms with Crippen molar-refractivity contribution in [2.45, 2.75) is 6.54 Å². The Balaban J connectivity index is 1.92. The number of nitrogens with zero attached hydrogens (tertiary/aromatic N) is 2. The van der Waals surface area contributed by atoms with Gasteiger partial charge in [-0.1, -0.05) is 29.8 Å². The van der Waals surface area contributed by atoms with Crippen molar-refractivity contribution in [1.29, 1.82) is 0 Å². The van der Waals surface area contributed by atoms with Crippen molar-refractivity contribution >= 4 is 28.2 Å². The molecule has 5 heteroatoms. The van der Waals surface area contributed by atoms with Crippen LogP contribution >= 0.6 is 11.6 Å². The molecule has 0 saturated heterocycles. The normalized spacial score (nSPS) is 10.8. The monoisotopic (exact) mass is 286 g/mol. The minimum absolute atomic E-state index is 0.106. The number of nitro groups is 1. The maximum absolute atomic E-state index is 10.6. The van der Waals surface area contributed by atoms with Gasteiger partial charge in [0, 0.05) is 35.4 Å². The number of halogens is 1. The molecule has 20 heavy (non-hydrogen) atoms. The molecule has 2 aromatic carbocycles. The molecule has 1 aromatic heterocycles. The number of benzene rings is 2. The number of aromatic nitrogens is 1. The van der Waals surface area contributed by atoms with Crippen molar-refractivity contribution in [1.82, 2.24) is 4.57 Å². The summed E-state index contributed by atoms with van der Waals surface area (Å²) in [6.07, 6.45) is 1.99. The van der Waals surface area contributed by atoms with Crippen LogP contribution < -0.4 is 0 Å². The molecule has 0 fully saturated rings. The maximum atomic E-state index is 10.6. The highest BCUT2D eigenvalue weighted by atomic mass is 35.5. The average molecular weight is 287 g/mol. The van der Waals surface area contributed by atoms with Crippen LogP contribution in [0.2, 0.25) is 5.02 Å². The molecule has 0 aliphatic carbocycles. The fourth-order valence-corrected chi connectivity index (χ4v) is 2.38. The summed E-state index contributed by atoms with van der Waals surface area (Å²) in [6.45, 7) is 0.655. The molecule has 100 valence electrons. The summed E-state index contributed by atoms with van der Waals surface area (Å²) in [7, 11) is 0. The second-order valence-electron chi connectivity index (χ2n) is 4.57. The predicted octanol–water partition coefficient (Wildman–Crippen LogP) is 4.25. The van der Waals surface area contributed by atoms with E-state index in [-0.39, 0.29) is 5.69 Å². The predicted molar refractivity (Wildman–Crippen MR) is 79.1 cm³/mol. The van der Waals surface area contributed by atoms with E-state index in [0.29, 0.717) is 11.6 Å². The molecule has 0 bridgehead atoms. The van der Waals surface area contributed by atoms with Crippen molar-refractivity contribution < 1.29 is 4.92 Å². The summed E-state index contributed by atoms with van der Waals surface area (Å²) in [5.41, 5.74) is 2.16. The molecule has 3 aromatic rings. The van der Waals surface area contributed by atoms with Crippen LogP contribution in [0.15, 0.2) is 54.7 Å². The Morgan fingerprint density at radius 1 is 1.10 bits per heavy atom. The van der Waals surface area contributed by atoms with Gasteiger partial charge in [-0.15, -0.1) is 0 Å². The molecule has 4 nitrogen and oxygen atoms in total. The van der Waals surface area contributed by atoms with E-state index in [1.165, 1.54) is 12.1 Å². The molecule has 0 aliphatic rings. The van der Waals surface area contributed by atoms with E-state index < -0.39 is 4.92 Å². The molecular weight excluding hydrogens is 276 g/mol. The summed E-state index contributed by atoms with van der Waals surface area (Å²) >= 11 is 6.02. The summed E-state index contributed by atoms with van der Waals surface area (Å²) in [6, 6.07) is 14.4. The van der Waals surface area contributed by atoms with E-state index in [2.05, 4.69) is 4.57 Å². The molecular formula is C15H11ClN2O2. The molecule has 0 atom stereocenters. The van der Waals surface area contributed by atoms with Crippen LogP contribution in [-0.4, -0.2) is 9.49 Å². The molecule has 0 amide bonds. The molecule has 0 aliphatic heterocycles. The Hall–Kier alpha value is -2.33. The Kier molecular flexibility index (Phi) is 3.16. The average Bonchev–Trinajstić information content (AvgIpc) is 2.82. The smallest absolute Gasteiger partial charge is 0.269 e. The van der Waals surface area contributed by atoms with Crippen LogP contribution in [-0.2, 0) is 6.54 Å². The van der Waals surface area contributed by atoms with Crippen LogP contribution in [0.4, 0.5) is 5.69 Å². The number of fused-ring (bicyclic) bond motifs is 1. The minimum Gasteiger partial charge on any atom is -0.343 e. The third-order valence-electron chi connectivity index (χ3n) is 3.24. The first kappa shape index (κ1) is 12.7. The van der Waals surface area contributed by atoms with E-state index in [1.54, 1.807) is 12.1 Å². The fourth-order valence-electron chi connectivity index (χ4n) is 2.21. The van der Waals surface area contributed by atoms with Gasteiger partial charge in [0.15, 0.2) is 0 Å². The standard InChI is InChI=1S/C15H11ClN2O2/c16-13-4-3-12-7-8-17(15(12)9-13)10-11-1-5-14(6-2-11)18(19)20/h1-9H,10H2. The highest BCUT2D eigenvalue weighted by molar-refractivity contribution is 6.31. The first-order chi connectivity index (χ1) is 9.63. The van der Waals surface area contributed by atoms with Crippen LogP contribution in [0.1, 0.15) is 5.56 Å². The first-order valence-corrected chi connectivity index (χ1v) is 6.49. The Labute approximate surface area is 120 Å². The lowest BCUT2D eigenvalue weighted by Gasteiger charge is -2.06. The van der Waals surface area contributed by atoms with Gasteiger partial charge in [0.25, 0.3) is 5.69 Å². The van der Waals surface area contributed by atoms with Crippen molar-refractivity contribution in [3.05, 3.63) is 75.4 Å².